The Balaban J connectivity index is 1.17. The third-order valence-electron chi connectivity index (χ3n) is 11.2. The lowest BCUT2D eigenvalue weighted by atomic mass is 9.66. The van der Waals surface area contributed by atoms with Gasteiger partial charge in [-0.25, -0.2) is 9.24 Å². The van der Waals surface area contributed by atoms with Crippen molar-refractivity contribution in [2.75, 3.05) is 69.0 Å². The molecule has 262 valence electrons. The molecule has 3 aromatic rings. The average Bonchev–Trinajstić information content (AvgIpc) is 3.75. The van der Waals surface area contributed by atoms with E-state index in [-0.39, 0.29) is 41.2 Å². The number of nitrogens with two attached hydrogens (primary N) is 1. The number of aromatic nitrogens is 4. The highest BCUT2D eigenvalue weighted by molar-refractivity contribution is 7.16. The van der Waals surface area contributed by atoms with Crippen LogP contribution in [0, 0.1) is 17.9 Å². The molecule has 4 aliphatic heterocycles. The summed E-state index contributed by atoms with van der Waals surface area (Å²) >= 11 is 8.32. The first-order chi connectivity index (χ1) is 24.1. The molecule has 3 fully saturated rings. The van der Waals surface area contributed by atoms with Crippen molar-refractivity contribution in [2.45, 2.75) is 75.2 Å². The number of carbonyl (C=O) groups is 1. The number of amides is 1. The van der Waals surface area contributed by atoms with Crippen molar-refractivity contribution in [1.29, 1.82) is 5.26 Å². The number of rotatable bonds is 6. The van der Waals surface area contributed by atoms with Gasteiger partial charge in [0.2, 0.25) is 0 Å². The quantitative estimate of drug-likeness (QED) is 0.361. The topological polar surface area (TPSA) is 137 Å². The Morgan fingerprint density at radius 1 is 1.20 bits per heavy atom. The van der Waals surface area contributed by atoms with Crippen LogP contribution in [-0.4, -0.2) is 101 Å². The van der Waals surface area contributed by atoms with Gasteiger partial charge < -0.3 is 25.2 Å². The summed E-state index contributed by atoms with van der Waals surface area (Å²) in [7, 11) is 3.32. The predicted molar refractivity (Wildman–Crippen MR) is 188 cm³/mol. The number of nitriles is 1. The molecule has 3 saturated heterocycles. The van der Waals surface area contributed by atoms with Crippen molar-refractivity contribution >= 4 is 51.2 Å². The number of nitrogens with zero attached hydrogens (tertiary/aromatic N) is 10. The van der Waals surface area contributed by atoms with E-state index in [0.29, 0.717) is 79.1 Å². The van der Waals surface area contributed by atoms with Crippen molar-refractivity contribution in [3.05, 3.63) is 43.8 Å². The minimum absolute atomic E-state index is 0.140. The van der Waals surface area contributed by atoms with E-state index in [4.69, 9.17) is 38.6 Å². The van der Waals surface area contributed by atoms with Crippen LogP contribution in [0.5, 0.6) is 6.01 Å². The zero-order valence-corrected chi connectivity index (χ0v) is 29.8. The Labute approximate surface area is 299 Å². The molecule has 3 aromatic heterocycles. The Kier molecular flexibility index (Phi) is 8.08. The number of anilines is 3. The summed E-state index contributed by atoms with van der Waals surface area (Å²) in [4.78, 5) is 35.5. The molecule has 1 spiro atoms. The van der Waals surface area contributed by atoms with E-state index in [1.54, 1.807) is 18.8 Å². The highest BCUT2D eigenvalue weighted by Gasteiger charge is 2.52. The van der Waals surface area contributed by atoms with E-state index in [2.05, 4.69) is 25.8 Å². The molecule has 7 heterocycles. The first-order valence-electron chi connectivity index (χ1n) is 17.2. The van der Waals surface area contributed by atoms with E-state index < -0.39 is 11.7 Å². The number of carbonyl (C=O) groups excluding carboxylic acids is 1. The van der Waals surface area contributed by atoms with Crippen LogP contribution in [0.25, 0.3) is 4.85 Å². The van der Waals surface area contributed by atoms with Crippen LogP contribution in [0.3, 0.4) is 0 Å². The number of thiophene rings is 1. The van der Waals surface area contributed by atoms with Gasteiger partial charge in [-0.15, -0.1) is 11.3 Å². The molecule has 0 unspecified atom stereocenters. The summed E-state index contributed by atoms with van der Waals surface area (Å²) in [6.45, 7) is 12.4. The van der Waals surface area contributed by atoms with Gasteiger partial charge >= 0.3 is 6.01 Å². The Morgan fingerprint density at radius 2 is 1.98 bits per heavy atom. The average molecular weight is 720 g/mol. The normalized spacial score (nSPS) is 23.8. The second-order valence-electron chi connectivity index (χ2n) is 14.5. The van der Waals surface area contributed by atoms with Crippen molar-refractivity contribution in [1.82, 2.24) is 29.5 Å². The van der Waals surface area contributed by atoms with Gasteiger partial charge in [0.1, 0.15) is 35.5 Å². The molecule has 5 aliphatic rings. The molecule has 50 heavy (non-hydrogen) atoms. The van der Waals surface area contributed by atoms with Gasteiger partial charge in [0.15, 0.2) is 5.69 Å². The standard InChI is InChI=1S/C34H39ClFN11O2S/c1-39-27-29(44-10-6-12-47-22(16-44)25(35)26(42-47)31(48)43(2)3)40-32(49-19-34-9-5-11-46(34)15-20(36)13-34)41-30(27)45-17-33(18-45)8-4-7-23-24(33)21(14-37)28(38)50-23/h20H,4-13,15-19,38H2,2-3H3/t20-,34+/m1/s1. The minimum Gasteiger partial charge on any atom is -0.461 e. The van der Waals surface area contributed by atoms with Gasteiger partial charge in [0, 0.05) is 63.5 Å². The molecule has 1 aliphatic carbocycles. The lowest BCUT2D eigenvalue weighted by Crippen LogP contribution is -2.61. The first kappa shape index (κ1) is 33.0. The number of hydrogen-bond acceptors (Lipinski definition) is 11. The van der Waals surface area contributed by atoms with Crippen LogP contribution in [0.15, 0.2) is 0 Å². The Hall–Kier alpha value is -4.18. The fraction of sp³-hybridized carbons (Fsp3) is 0.588. The van der Waals surface area contributed by atoms with Gasteiger partial charge in [-0.3, -0.25) is 14.4 Å². The van der Waals surface area contributed by atoms with Crippen LogP contribution < -0.4 is 20.3 Å². The molecule has 0 aromatic carbocycles. The van der Waals surface area contributed by atoms with Gasteiger partial charge in [-0.05, 0) is 50.6 Å². The lowest BCUT2D eigenvalue weighted by Gasteiger charge is -2.53. The molecule has 1 amide bonds. The van der Waals surface area contributed by atoms with Crippen LogP contribution in [-0.2, 0) is 24.9 Å². The Bertz CT molecular complexity index is 1960. The van der Waals surface area contributed by atoms with E-state index in [0.717, 1.165) is 44.2 Å². The smallest absolute Gasteiger partial charge is 0.317 e. The highest BCUT2D eigenvalue weighted by Crippen LogP contribution is 2.53. The molecule has 16 heteroatoms. The summed E-state index contributed by atoms with van der Waals surface area (Å²) in [5.41, 5.74) is 8.45. The molecular weight excluding hydrogens is 681 g/mol. The number of ether oxygens (including phenoxy) is 1. The van der Waals surface area contributed by atoms with Crippen molar-refractivity contribution in [2.24, 2.45) is 0 Å². The number of nitrogen functional groups attached to an aromatic ring is 1. The fourth-order valence-corrected chi connectivity index (χ4v) is 10.3. The molecule has 2 atom stereocenters. The summed E-state index contributed by atoms with van der Waals surface area (Å²) in [6, 6.07) is 2.50. The van der Waals surface area contributed by atoms with Gasteiger partial charge in [0.05, 0.1) is 34.9 Å². The lowest BCUT2D eigenvalue weighted by molar-refractivity contribution is 0.0821. The molecule has 13 nitrogen and oxygen atoms in total. The summed E-state index contributed by atoms with van der Waals surface area (Å²) < 4.78 is 22.8. The maximum atomic E-state index is 14.6. The molecular formula is C34H39ClFN11O2S. The maximum absolute atomic E-state index is 14.6. The SMILES string of the molecule is [C-]#[N+]c1c(N2CCCn3nc(C(=O)N(C)C)c(Cl)c3C2)nc(OC[C@@]23CCCN2C[C@H](F)C3)nc1N1CC2(CCCc3sc(N)c(C#N)c32)C1. The van der Waals surface area contributed by atoms with Crippen LogP contribution >= 0.6 is 22.9 Å². The minimum atomic E-state index is -0.895. The molecule has 2 N–H and O–H groups in total. The second-order valence-corrected chi connectivity index (χ2v) is 16.0. The van der Waals surface area contributed by atoms with Gasteiger partial charge in [0.25, 0.3) is 11.6 Å². The second kappa shape index (κ2) is 12.2. The molecule has 8 rings (SSSR count). The van der Waals surface area contributed by atoms with Gasteiger partial charge in [-0.2, -0.15) is 20.3 Å². The van der Waals surface area contributed by atoms with E-state index in [9.17, 15) is 14.4 Å². The molecule has 0 radical (unpaired) electrons. The number of fused-ring (bicyclic) bond motifs is 4. The largest absolute Gasteiger partial charge is 0.461 e. The molecule has 0 saturated carbocycles. The highest BCUT2D eigenvalue weighted by atomic mass is 35.5. The van der Waals surface area contributed by atoms with Crippen LogP contribution in [0.2, 0.25) is 5.02 Å². The van der Waals surface area contributed by atoms with Crippen molar-refractivity contribution in [3.63, 3.8) is 0 Å². The van der Waals surface area contributed by atoms with Crippen molar-refractivity contribution in [3.8, 4) is 12.1 Å². The zero-order valence-electron chi connectivity index (χ0n) is 28.2. The van der Waals surface area contributed by atoms with Gasteiger partial charge in [-0.1, -0.05) is 11.6 Å². The third kappa shape index (κ3) is 5.16. The van der Waals surface area contributed by atoms with Crippen LogP contribution in [0.1, 0.15) is 70.7 Å². The number of hydrogen-bond donors (Lipinski definition) is 1. The summed E-state index contributed by atoms with van der Waals surface area (Å²) in [5, 5.41) is 15.4. The van der Waals surface area contributed by atoms with E-state index in [1.807, 2.05) is 4.90 Å². The summed E-state index contributed by atoms with van der Waals surface area (Å²) in [6.07, 6.45) is 4.85. The Morgan fingerprint density at radius 3 is 2.72 bits per heavy atom. The third-order valence-corrected chi connectivity index (χ3v) is 12.7. The monoisotopic (exact) mass is 719 g/mol. The van der Waals surface area contributed by atoms with E-state index in [1.165, 1.54) is 21.1 Å². The number of aryl methyl sites for hydroxylation is 2. The first-order valence-corrected chi connectivity index (χ1v) is 18.4. The zero-order chi connectivity index (χ0) is 34.9. The number of halogens is 2. The maximum Gasteiger partial charge on any atom is 0.317 e. The van der Waals surface area contributed by atoms with Crippen LogP contribution in [0.4, 0.5) is 26.7 Å². The predicted octanol–water partition coefficient (Wildman–Crippen LogP) is 4.55. The molecule has 0 bridgehead atoms. The number of alkyl halides is 1. The fourth-order valence-electron chi connectivity index (χ4n) is 8.88. The van der Waals surface area contributed by atoms with Crippen molar-refractivity contribution < 1.29 is 13.9 Å². The summed E-state index contributed by atoms with van der Waals surface area (Å²) in [5.74, 6) is 0.614. The van der Waals surface area contributed by atoms with E-state index >= 15 is 0 Å².